The Balaban J connectivity index is 3.47. The van der Waals surface area contributed by atoms with Gasteiger partial charge in [0.1, 0.15) is 6.16 Å². The molecule has 0 aliphatic carbocycles. The first kappa shape index (κ1) is 9.31. The number of hydrogen-bond donors (Lipinski definition) is 3. The predicted molar refractivity (Wildman–Crippen MR) is 37.9 cm³/mol. The molecule has 0 rings (SSSR count). The summed E-state index contributed by atoms with van der Waals surface area (Å²) in [6.07, 6.45) is 0.993. The summed E-state index contributed by atoms with van der Waals surface area (Å²) in [5.74, 6) is 0.193. The van der Waals surface area contributed by atoms with Crippen LogP contribution in [0.5, 0.6) is 0 Å². The highest BCUT2D eigenvalue weighted by molar-refractivity contribution is 7.58. The minimum absolute atomic E-state index is 0.128. The Labute approximate surface area is 55.9 Å². The summed E-state index contributed by atoms with van der Waals surface area (Å²) in [5.41, 5.74) is 0. The Hall–Kier alpha value is 0.310. The Bertz CT molecular complexity index is 78.8. The molecule has 0 aromatic carbocycles. The average Bonchev–Trinajstić information content (AvgIpc) is 1.62. The van der Waals surface area contributed by atoms with Gasteiger partial charge in [-0.2, -0.15) is 14.7 Å². The third-order valence-electron chi connectivity index (χ3n) is 1.25. The lowest BCUT2D eigenvalue weighted by Gasteiger charge is -2.07. The molecule has 0 aliphatic rings. The first-order valence-corrected chi connectivity index (χ1v) is 4.85. The quantitative estimate of drug-likeness (QED) is 0.525. The van der Waals surface area contributed by atoms with Crippen LogP contribution >= 0.6 is 7.94 Å². The van der Waals surface area contributed by atoms with Crippen LogP contribution in [0, 0.1) is 5.92 Å². The van der Waals surface area contributed by atoms with Gasteiger partial charge in [0.2, 0.25) is 0 Å². The zero-order valence-electron chi connectivity index (χ0n) is 5.78. The van der Waals surface area contributed by atoms with Crippen LogP contribution in [0.25, 0.3) is 0 Å². The molecule has 3 N–H and O–H groups in total. The topological polar surface area (TPSA) is 60.7 Å². The lowest BCUT2D eigenvalue weighted by Crippen LogP contribution is -2.04. The molecule has 0 aromatic rings. The lowest BCUT2D eigenvalue weighted by molar-refractivity contribution is 0.321. The Morgan fingerprint density at radius 2 is 1.78 bits per heavy atom. The molecule has 3 nitrogen and oxygen atoms in total. The molecule has 0 bridgehead atoms. The molecular weight excluding hydrogens is 139 g/mol. The third-order valence-corrected chi connectivity index (χ3v) is 2.37. The minimum atomic E-state index is -3.49. The summed E-state index contributed by atoms with van der Waals surface area (Å²) in [5, 5.41) is 0. The van der Waals surface area contributed by atoms with Crippen LogP contribution in [0.1, 0.15) is 20.3 Å². The number of hydrogen-bond acceptors (Lipinski definition) is 3. The lowest BCUT2D eigenvalue weighted by atomic mass is 10.2. The van der Waals surface area contributed by atoms with Gasteiger partial charge in [-0.1, -0.05) is 13.8 Å². The largest absolute Gasteiger partial charge is 0.403 e. The van der Waals surface area contributed by atoms with Crippen LogP contribution in [0.2, 0.25) is 0 Å². The van der Waals surface area contributed by atoms with Crippen molar-refractivity contribution in [3.8, 4) is 0 Å². The van der Waals surface area contributed by atoms with E-state index in [1.54, 1.807) is 0 Å². The summed E-state index contributed by atoms with van der Waals surface area (Å²) >= 11 is 0. The Morgan fingerprint density at radius 3 is 1.89 bits per heavy atom. The predicted octanol–water partition coefficient (Wildman–Crippen LogP) is 0.772. The fourth-order valence-electron chi connectivity index (χ4n) is 0.547. The highest BCUT2D eigenvalue weighted by Crippen LogP contribution is 2.46. The van der Waals surface area contributed by atoms with E-state index in [1.165, 1.54) is 0 Å². The van der Waals surface area contributed by atoms with Gasteiger partial charge in [-0.25, -0.2) is 0 Å². The van der Waals surface area contributed by atoms with Crippen molar-refractivity contribution in [1.82, 2.24) is 0 Å². The third kappa shape index (κ3) is 6.19. The van der Waals surface area contributed by atoms with Gasteiger partial charge in [0.15, 0.2) is 0 Å². The molecule has 56 valence electrons. The van der Waals surface area contributed by atoms with Crippen molar-refractivity contribution in [2.75, 3.05) is 6.16 Å². The van der Waals surface area contributed by atoms with Crippen LogP contribution in [-0.4, -0.2) is 20.8 Å². The zero-order valence-corrected chi connectivity index (χ0v) is 6.67. The SMILES string of the molecule is CCC(C)C[P+](O)(O)O. The number of rotatable bonds is 3. The molecule has 4 heteroatoms. The van der Waals surface area contributed by atoms with Gasteiger partial charge in [-0.05, 0) is 12.3 Å². The van der Waals surface area contributed by atoms with Crippen molar-refractivity contribution in [2.24, 2.45) is 5.92 Å². The Morgan fingerprint density at radius 1 is 1.33 bits per heavy atom. The van der Waals surface area contributed by atoms with E-state index in [0.717, 1.165) is 6.42 Å². The van der Waals surface area contributed by atoms with Crippen molar-refractivity contribution in [2.45, 2.75) is 20.3 Å². The van der Waals surface area contributed by atoms with Gasteiger partial charge < -0.3 is 0 Å². The molecule has 0 fully saturated rings. The first-order chi connectivity index (χ1) is 3.95. The highest BCUT2D eigenvalue weighted by atomic mass is 31.2. The second kappa shape index (κ2) is 3.47. The molecule has 0 saturated heterocycles. The summed E-state index contributed by atoms with van der Waals surface area (Å²) in [6.45, 7) is 3.82. The van der Waals surface area contributed by atoms with Gasteiger partial charge in [-0.3, -0.25) is 0 Å². The fourth-order valence-corrected chi connectivity index (χ4v) is 1.64. The van der Waals surface area contributed by atoms with Gasteiger partial charge in [0.25, 0.3) is 0 Å². The Kier molecular flexibility index (Phi) is 3.59. The van der Waals surface area contributed by atoms with Crippen molar-refractivity contribution in [3.05, 3.63) is 0 Å². The molecular formula is C5H14O3P+. The molecule has 1 unspecified atom stereocenters. The average molecular weight is 153 g/mol. The monoisotopic (exact) mass is 153 g/mol. The van der Waals surface area contributed by atoms with E-state index in [9.17, 15) is 0 Å². The standard InChI is InChI=1S/C5H14O3P/c1-3-5(2)4-9(6,7)8/h5-8H,3-4H2,1-2H3/q+1. The van der Waals surface area contributed by atoms with Crippen molar-refractivity contribution in [3.63, 3.8) is 0 Å². The zero-order chi connectivity index (χ0) is 7.49. The van der Waals surface area contributed by atoms with E-state index in [0.29, 0.717) is 0 Å². The summed E-state index contributed by atoms with van der Waals surface area (Å²) < 4.78 is 0. The maximum Gasteiger partial charge on any atom is 0.403 e. The molecule has 9 heavy (non-hydrogen) atoms. The molecule has 0 aromatic heterocycles. The van der Waals surface area contributed by atoms with E-state index in [2.05, 4.69) is 0 Å². The van der Waals surface area contributed by atoms with Crippen LogP contribution in [0.3, 0.4) is 0 Å². The normalized spacial score (nSPS) is 15.7. The molecule has 0 saturated carbocycles. The summed E-state index contributed by atoms with van der Waals surface area (Å²) in [7, 11) is -3.49. The van der Waals surface area contributed by atoms with Gasteiger partial charge in [-0.15, -0.1) is 0 Å². The fraction of sp³-hybridized carbons (Fsp3) is 1.00. The minimum Gasteiger partial charge on any atom is -0.193 e. The molecule has 0 radical (unpaired) electrons. The smallest absolute Gasteiger partial charge is 0.193 e. The first-order valence-electron chi connectivity index (χ1n) is 3.02. The second-order valence-electron chi connectivity index (χ2n) is 2.39. The van der Waals surface area contributed by atoms with Crippen molar-refractivity contribution < 1.29 is 14.7 Å². The maximum atomic E-state index is 8.54. The van der Waals surface area contributed by atoms with Crippen LogP contribution < -0.4 is 0 Å². The highest BCUT2D eigenvalue weighted by Gasteiger charge is 2.31. The van der Waals surface area contributed by atoms with E-state index in [4.69, 9.17) is 14.7 Å². The van der Waals surface area contributed by atoms with E-state index >= 15 is 0 Å². The molecule has 0 heterocycles. The summed E-state index contributed by atoms with van der Waals surface area (Å²) in [4.78, 5) is 25.6. The van der Waals surface area contributed by atoms with Crippen LogP contribution in [0.4, 0.5) is 0 Å². The van der Waals surface area contributed by atoms with E-state index in [-0.39, 0.29) is 12.1 Å². The maximum absolute atomic E-state index is 8.54. The van der Waals surface area contributed by atoms with E-state index < -0.39 is 7.94 Å². The van der Waals surface area contributed by atoms with E-state index in [1.807, 2.05) is 13.8 Å². The van der Waals surface area contributed by atoms with Crippen molar-refractivity contribution >= 4 is 7.94 Å². The molecule has 0 aliphatic heterocycles. The molecule has 1 atom stereocenters. The van der Waals surface area contributed by atoms with Crippen LogP contribution in [0.15, 0.2) is 0 Å². The second-order valence-corrected chi connectivity index (χ2v) is 4.14. The van der Waals surface area contributed by atoms with Crippen LogP contribution in [-0.2, 0) is 0 Å². The van der Waals surface area contributed by atoms with Gasteiger partial charge in [0.05, 0.1) is 0 Å². The van der Waals surface area contributed by atoms with Gasteiger partial charge in [0, 0.05) is 0 Å². The van der Waals surface area contributed by atoms with Gasteiger partial charge >= 0.3 is 7.94 Å². The molecule has 0 spiro atoms. The molecule has 0 amide bonds. The summed E-state index contributed by atoms with van der Waals surface area (Å²) in [6, 6.07) is 0. The van der Waals surface area contributed by atoms with Crippen molar-refractivity contribution in [1.29, 1.82) is 0 Å².